The highest BCUT2D eigenvalue weighted by Gasteiger charge is 2.26. The number of nitrogens with zero attached hydrogens (tertiary/aromatic N) is 3. The molecule has 0 bridgehead atoms. The average Bonchev–Trinajstić information content (AvgIpc) is 3.29. The van der Waals surface area contributed by atoms with Gasteiger partial charge < -0.3 is 14.2 Å². The fourth-order valence-corrected chi connectivity index (χ4v) is 4.42. The van der Waals surface area contributed by atoms with Gasteiger partial charge in [0.2, 0.25) is 0 Å². The SMILES string of the molecule is CC(C)(C)c1noc(N2CCC(COc3ccc(-c4ccc(S(C)(=O)=O)cc4)cc3)CC2)n1. The molecule has 3 aromatic rings. The third kappa shape index (κ3) is 5.74. The van der Waals surface area contributed by atoms with E-state index >= 15 is 0 Å². The van der Waals surface area contributed by atoms with Gasteiger partial charge in [0.1, 0.15) is 5.75 Å². The molecule has 0 amide bonds. The van der Waals surface area contributed by atoms with E-state index in [1.807, 2.05) is 36.4 Å². The van der Waals surface area contributed by atoms with E-state index < -0.39 is 9.84 Å². The molecule has 0 spiro atoms. The van der Waals surface area contributed by atoms with Crippen LogP contribution in [0.4, 0.5) is 6.01 Å². The largest absolute Gasteiger partial charge is 0.493 e. The summed E-state index contributed by atoms with van der Waals surface area (Å²) < 4.78 is 34.8. The lowest BCUT2D eigenvalue weighted by atomic mass is 9.96. The highest BCUT2D eigenvalue weighted by Crippen LogP contribution is 2.27. The van der Waals surface area contributed by atoms with Crippen LogP contribution in [-0.2, 0) is 15.3 Å². The molecule has 4 rings (SSSR count). The van der Waals surface area contributed by atoms with Crippen molar-refractivity contribution >= 4 is 15.9 Å². The van der Waals surface area contributed by atoms with Gasteiger partial charge in [0, 0.05) is 24.8 Å². The molecule has 2 aromatic carbocycles. The molecule has 0 saturated carbocycles. The number of anilines is 1. The first-order valence-corrected chi connectivity index (χ1v) is 13.1. The fraction of sp³-hybridized carbons (Fsp3) is 0.440. The van der Waals surface area contributed by atoms with Crippen molar-refractivity contribution in [1.29, 1.82) is 0 Å². The van der Waals surface area contributed by atoms with Gasteiger partial charge in [-0.25, -0.2) is 8.42 Å². The third-order valence-corrected chi connectivity index (χ3v) is 7.06. The minimum Gasteiger partial charge on any atom is -0.493 e. The van der Waals surface area contributed by atoms with Crippen molar-refractivity contribution in [3.63, 3.8) is 0 Å². The van der Waals surface area contributed by atoms with Crippen LogP contribution in [-0.4, -0.2) is 44.5 Å². The van der Waals surface area contributed by atoms with Crippen molar-refractivity contribution in [3.8, 4) is 16.9 Å². The zero-order valence-electron chi connectivity index (χ0n) is 19.6. The zero-order valence-corrected chi connectivity index (χ0v) is 20.4. The van der Waals surface area contributed by atoms with Crippen LogP contribution in [0.15, 0.2) is 57.9 Å². The maximum Gasteiger partial charge on any atom is 0.324 e. The molecule has 1 aliphatic rings. The molecule has 0 unspecified atom stereocenters. The van der Waals surface area contributed by atoms with Crippen LogP contribution < -0.4 is 9.64 Å². The van der Waals surface area contributed by atoms with Gasteiger partial charge in [-0.2, -0.15) is 4.98 Å². The van der Waals surface area contributed by atoms with E-state index in [4.69, 9.17) is 9.26 Å². The Morgan fingerprint density at radius 1 is 1.00 bits per heavy atom. The summed E-state index contributed by atoms with van der Waals surface area (Å²) in [4.78, 5) is 7.04. The zero-order chi connectivity index (χ0) is 23.6. The smallest absolute Gasteiger partial charge is 0.324 e. The predicted octanol–water partition coefficient (Wildman–Crippen LogP) is 4.73. The van der Waals surface area contributed by atoms with E-state index in [2.05, 4.69) is 35.8 Å². The number of aromatic nitrogens is 2. The molecule has 2 heterocycles. The molecular formula is C25H31N3O4S. The van der Waals surface area contributed by atoms with Gasteiger partial charge in [-0.1, -0.05) is 50.2 Å². The van der Waals surface area contributed by atoms with Crippen molar-refractivity contribution in [2.75, 3.05) is 30.9 Å². The number of sulfone groups is 1. The summed E-state index contributed by atoms with van der Waals surface area (Å²) in [7, 11) is -3.19. The number of ether oxygens (including phenoxy) is 1. The Hall–Kier alpha value is -2.87. The number of rotatable bonds is 6. The first kappa shape index (κ1) is 23.3. The van der Waals surface area contributed by atoms with Crippen LogP contribution in [0.25, 0.3) is 11.1 Å². The second-order valence-electron chi connectivity index (χ2n) is 9.71. The molecule has 0 aliphatic carbocycles. The third-order valence-electron chi connectivity index (χ3n) is 5.93. The number of hydrogen-bond donors (Lipinski definition) is 0. The van der Waals surface area contributed by atoms with E-state index in [1.165, 1.54) is 6.26 Å². The lowest BCUT2D eigenvalue weighted by Gasteiger charge is -2.30. The molecule has 1 aliphatic heterocycles. The Bertz CT molecular complexity index is 1170. The van der Waals surface area contributed by atoms with Crippen LogP contribution in [0, 0.1) is 5.92 Å². The Morgan fingerprint density at radius 2 is 1.58 bits per heavy atom. The van der Waals surface area contributed by atoms with Crippen LogP contribution in [0.2, 0.25) is 0 Å². The van der Waals surface area contributed by atoms with Gasteiger partial charge in [-0.15, -0.1) is 0 Å². The van der Waals surface area contributed by atoms with Crippen LogP contribution in [0.3, 0.4) is 0 Å². The lowest BCUT2D eigenvalue weighted by molar-refractivity contribution is 0.220. The predicted molar refractivity (Wildman–Crippen MR) is 128 cm³/mol. The van der Waals surface area contributed by atoms with Gasteiger partial charge >= 0.3 is 6.01 Å². The van der Waals surface area contributed by atoms with Gasteiger partial charge in [-0.05, 0) is 54.2 Å². The molecule has 176 valence electrons. The molecular weight excluding hydrogens is 438 g/mol. The Labute approximate surface area is 195 Å². The minimum atomic E-state index is -3.19. The molecule has 8 heteroatoms. The van der Waals surface area contributed by atoms with Crippen molar-refractivity contribution in [2.45, 2.75) is 43.9 Å². The van der Waals surface area contributed by atoms with E-state index in [1.54, 1.807) is 12.1 Å². The monoisotopic (exact) mass is 469 g/mol. The summed E-state index contributed by atoms with van der Waals surface area (Å²) in [6.07, 6.45) is 3.24. The molecule has 0 atom stereocenters. The Morgan fingerprint density at radius 3 is 2.09 bits per heavy atom. The summed E-state index contributed by atoms with van der Waals surface area (Å²) in [6, 6.07) is 15.5. The van der Waals surface area contributed by atoms with E-state index in [9.17, 15) is 8.42 Å². The first-order valence-electron chi connectivity index (χ1n) is 11.2. The highest BCUT2D eigenvalue weighted by atomic mass is 32.2. The lowest BCUT2D eigenvalue weighted by Crippen LogP contribution is -2.35. The molecule has 0 radical (unpaired) electrons. The quantitative estimate of drug-likeness (QED) is 0.516. The molecule has 1 fully saturated rings. The molecule has 1 aromatic heterocycles. The maximum atomic E-state index is 11.6. The maximum absolute atomic E-state index is 11.6. The summed E-state index contributed by atoms with van der Waals surface area (Å²) in [5.74, 6) is 2.05. The average molecular weight is 470 g/mol. The normalized spacial score (nSPS) is 15.6. The Balaban J connectivity index is 1.28. The minimum absolute atomic E-state index is 0.122. The highest BCUT2D eigenvalue weighted by molar-refractivity contribution is 7.90. The first-order chi connectivity index (χ1) is 15.6. The topological polar surface area (TPSA) is 85.5 Å². The number of hydrogen-bond acceptors (Lipinski definition) is 7. The van der Waals surface area contributed by atoms with Crippen molar-refractivity contribution in [1.82, 2.24) is 10.1 Å². The standard InChI is InChI=1S/C25H31N3O4S/c1-25(2,3)23-26-24(32-27-23)28-15-13-18(14-16-28)17-31-21-9-5-19(6-10-21)20-7-11-22(12-8-20)33(4,29)30/h5-12,18H,13-17H2,1-4H3. The molecule has 7 nitrogen and oxygen atoms in total. The van der Waals surface area contributed by atoms with Gasteiger partial charge in [0.05, 0.1) is 11.5 Å². The van der Waals surface area contributed by atoms with E-state index in [0.717, 1.165) is 48.6 Å². The molecule has 0 N–H and O–H groups in total. The van der Waals surface area contributed by atoms with Gasteiger partial charge in [0.25, 0.3) is 0 Å². The molecule has 1 saturated heterocycles. The summed E-state index contributed by atoms with van der Waals surface area (Å²) in [6.45, 7) is 8.66. The van der Waals surface area contributed by atoms with Crippen LogP contribution in [0.1, 0.15) is 39.4 Å². The Kier molecular flexibility index (Phi) is 6.47. The van der Waals surface area contributed by atoms with Crippen LogP contribution in [0.5, 0.6) is 5.75 Å². The van der Waals surface area contributed by atoms with Gasteiger partial charge in [-0.3, -0.25) is 0 Å². The number of piperidine rings is 1. The van der Waals surface area contributed by atoms with E-state index in [-0.39, 0.29) is 5.41 Å². The summed E-state index contributed by atoms with van der Waals surface area (Å²) >= 11 is 0. The summed E-state index contributed by atoms with van der Waals surface area (Å²) in [5, 5.41) is 4.12. The second-order valence-corrected chi connectivity index (χ2v) is 11.7. The fourth-order valence-electron chi connectivity index (χ4n) is 3.79. The van der Waals surface area contributed by atoms with Crippen molar-refractivity contribution in [2.24, 2.45) is 5.92 Å². The van der Waals surface area contributed by atoms with Crippen LogP contribution >= 0.6 is 0 Å². The van der Waals surface area contributed by atoms with Gasteiger partial charge in [0.15, 0.2) is 15.7 Å². The van der Waals surface area contributed by atoms with E-state index in [0.29, 0.717) is 23.4 Å². The second kappa shape index (κ2) is 9.17. The molecule has 33 heavy (non-hydrogen) atoms. The van der Waals surface area contributed by atoms with Crippen molar-refractivity contribution in [3.05, 3.63) is 54.4 Å². The summed E-state index contributed by atoms with van der Waals surface area (Å²) in [5.41, 5.74) is 1.87. The van der Waals surface area contributed by atoms with Crippen molar-refractivity contribution < 1.29 is 17.7 Å². The number of benzene rings is 2.